The summed E-state index contributed by atoms with van der Waals surface area (Å²) in [5.74, 6) is 0. The van der Waals surface area contributed by atoms with E-state index in [0.717, 1.165) is 12.8 Å². The van der Waals surface area contributed by atoms with Gasteiger partial charge in [0.05, 0.1) is 26.9 Å². The van der Waals surface area contributed by atoms with Gasteiger partial charge in [0.15, 0.2) is 9.84 Å². The van der Waals surface area contributed by atoms with E-state index in [-0.39, 0.29) is 15.2 Å². The Morgan fingerprint density at radius 1 is 1.38 bits per heavy atom. The Morgan fingerprint density at radius 2 is 2.12 bits per heavy atom. The standard InChI is InChI=1S/C10H9ClN2O2S/c11-8-3-4-9-7(5-12-13-9)10(8)16(14,15)6-1-2-6/h3-6H,1-2H2,(H,12,13). The van der Waals surface area contributed by atoms with Crippen LogP contribution in [0.3, 0.4) is 0 Å². The highest BCUT2D eigenvalue weighted by atomic mass is 35.5. The fraction of sp³-hybridized carbons (Fsp3) is 0.300. The Kier molecular flexibility index (Phi) is 2.03. The Labute approximate surface area is 97.5 Å². The number of aromatic amines is 1. The van der Waals surface area contributed by atoms with Gasteiger partial charge in [0, 0.05) is 5.39 Å². The third-order valence-corrected chi connectivity index (χ3v) is 5.56. The van der Waals surface area contributed by atoms with Crippen LogP contribution >= 0.6 is 11.6 Å². The molecule has 0 atom stereocenters. The number of benzene rings is 1. The van der Waals surface area contributed by atoms with Gasteiger partial charge in [0.25, 0.3) is 0 Å². The molecule has 16 heavy (non-hydrogen) atoms. The van der Waals surface area contributed by atoms with Crippen LogP contribution < -0.4 is 0 Å². The van der Waals surface area contributed by atoms with Crippen molar-refractivity contribution in [3.8, 4) is 0 Å². The average molecular weight is 257 g/mol. The number of rotatable bonds is 2. The van der Waals surface area contributed by atoms with Crippen LogP contribution in [0.4, 0.5) is 0 Å². The lowest BCUT2D eigenvalue weighted by Gasteiger charge is -2.06. The molecule has 0 amide bonds. The molecular formula is C10H9ClN2O2S. The minimum atomic E-state index is -3.28. The predicted molar refractivity (Wildman–Crippen MR) is 61.3 cm³/mol. The van der Waals surface area contributed by atoms with Crippen molar-refractivity contribution in [1.82, 2.24) is 10.2 Å². The van der Waals surface area contributed by atoms with Crippen molar-refractivity contribution in [3.63, 3.8) is 0 Å². The first kappa shape index (κ1) is 10.1. The van der Waals surface area contributed by atoms with Crippen LogP contribution in [0.2, 0.25) is 5.02 Å². The van der Waals surface area contributed by atoms with Crippen LogP contribution in [0.1, 0.15) is 12.8 Å². The molecule has 2 aromatic rings. The highest BCUT2D eigenvalue weighted by Gasteiger charge is 2.39. The maximum absolute atomic E-state index is 12.2. The number of nitrogens with one attached hydrogen (secondary N) is 1. The SMILES string of the molecule is O=S(=O)(c1c(Cl)ccc2[nH]ncc12)C1CC1. The topological polar surface area (TPSA) is 62.8 Å². The number of hydrogen-bond acceptors (Lipinski definition) is 3. The lowest BCUT2D eigenvalue weighted by atomic mass is 10.2. The van der Waals surface area contributed by atoms with Crippen LogP contribution in [0.5, 0.6) is 0 Å². The predicted octanol–water partition coefficient (Wildman–Crippen LogP) is 2.15. The third kappa shape index (κ3) is 1.35. The van der Waals surface area contributed by atoms with E-state index in [0.29, 0.717) is 10.9 Å². The molecule has 1 heterocycles. The number of fused-ring (bicyclic) bond motifs is 1. The Balaban J connectivity index is 2.37. The van der Waals surface area contributed by atoms with Crippen LogP contribution in [-0.4, -0.2) is 23.9 Å². The van der Waals surface area contributed by atoms with Gasteiger partial charge in [-0.05, 0) is 25.0 Å². The molecule has 3 rings (SSSR count). The first-order valence-corrected chi connectivity index (χ1v) is 6.88. The summed E-state index contributed by atoms with van der Waals surface area (Å²) < 4.78 is 24.4. The summed E-state index contributed by atoms with van der Waals surface area (Å²) in [7, 11) is -3.28. The molecule has 84 valence electrons. The quantitative estimate of drug-likeness (QED) is 0.896. The summed E-state index contributed by atoms with van der Waals surface area (Å²) in [6.07, 6.45) is 2.97. The zero-order valence-electron chi connectivity index (χ0n) is 8.27. The van der Waals surface area contributed by atoms with Gasteiger partial charge < -0.3 is 0 Å². The van der Waals surface area contributed by atoms with E-state index in [4.69, 9.17) is 11.6 Å². The monoisotopic (exact) mass is 256 g/mol. The van der Waals surface area contributed by atoms with Gasteiger partial charge in [0.1, 0.15) is 0 Å². The first-order chi connectivity index (χ1) is 7.60. The average Bonchev–Trinajstić information content (AvgIpc) is 2.98. The van der Waals surface area contributed by atoms with Crippen LogP contribution in [-0.2, 0) is 9.84 Å². The summed E-state index contributed by atoms with van der Waals surface area (Å²) in [6, 6.07) is 3.33. The third-order valence-electron chi connectivity index (χ3n) is 2.77. The molecule has 1 saturated carbocycles. The van der Waals surface area contributed by atoms with Crippen molar-refractivity contribution in [2.75, 3.05) is 0 Å². The molecule has 1 aromatic carbocycles. The Morgan fingerprint density at radius 3 is 2.81 bits per heavy atom. The molecule has 0 bridgehead atoms. The smallest absolute Gasteiger partial charge is 0.183 e. The van der Waals surface area contributed by atoms with E-state index < -0.39 is 9.84 Å². The van der Waals surface area contributed by atoms with Crippen LogP contribution in [0.25, 0.3) is 10.9 Å². The van der Waals surface area contributed by atoms with E-state index in [1.807, 2.05) is 0 Å². The molecule has 1 aliphatic carbocycles. The zero-order chi connectivity index (χ0) is 11.3. The van der Waals surface area contributed by atoms with Crippen LogP contribution in [0.15, 0.2) is 23.2 Å². The number of aromatic nitrogens is 2. The molecule has 0 unspecified atom stereocenters. The second kappa shape index (κ2) is 3.21. The van der Waals surface area contributed by atoms with Gasteiger partial charge in [-0.1, -0.05) is 11.6 Å². The molecular weight excluding hydrogens is 248 g/mol. The van der Waals surface area contributed by atoms with Gasteiger partial charge in [-0.2, -0.15) is 5.10 Å². The number of nitrogens with zero attached hydrogens (tertiary/aromatic N) is 1. The van der Waals surface area contributed by atoms with Gasteiger partial charge in [0.2, 0.25) is 0 Å². The maximum atomic E-state index is 12.2. The summed E-state index contributed by atoms with van der Waals surface area (Å²) in [4.78, 5) is 0.225. The highest BCUT2D eigenvalue weighted by Crippen LogP contribution is 2.39. The second-order valence-electron chi connectivity index (χ2n) is 3.95. The van der Waals surface area contributed by atoms with Crippen LogP contribution in [0, 0.1) is 0 Å². The fourth-order valence-electron chi connectivity index (χ4n) is 1.80. The largest absolute Gasteiger partial charge is 0.278 e. The molecule has 1 N–H and O–H groups in total. The highest BCUT2D eigenvalue weighted by molar-refractivity contribution is 7.92. The number of sulfone groups is 1. The zero-order valence-corrected chi connectivity index (χ0v) is 9.85. The maximum Gasteiger partial charge on any atom is 0.183 e. The van der Waals surface area contributed by atoms with E-state index in [1.165, 1.54) is 6.20 Å². The second-order valence-corrected chi connectivity index (χ2v) is 6.52. The molecule has 0 aliphatic heterocycles. The summed E-state index contributed by atoms with van der Waals surface area (Å²) in [6.45, 7) is 0. The molecule has 0 radical (unpaired) electrons. The molecule has 1 fully saturated rings. The molecule has 4 nitrogen and oxygen atoms in total. The molecule has 1 aromatic heterocycles. The van der Waals surface area contributed by atoms with Gasteiger partial charge in [-0.3, -0.25) is 5.10 Å². The normalized spacial score (nSPS) is 16.8. The van der Waals surface area contributed by atoms with Crippen molar-refractivity contribution in [2.24, 2.45) is 0 Å². The van der Waals surface area contributed by atoms with E-state index >= 15 is 0 Å². The number of H-pyrrole nitrogens is 1. The minimum Gasteiger partial charge on any atom is -0.278 e. The minimum absolute atomic E-state index is 0.225. The van der Waals surface area contributed by atoms with Crippen molar-refractivity contribution in [1.29, 1.82) is 0 Å². The summed E-state index contributed by atoms with van der Waals surface area (Å²) in [5, 5.41) is 7.20. The molecule has 1 aliphatic rings. The molecule has 0 spiro atoms. The van der Waals surface area contributed by atoms with Gasteiger partial charge in [-0.25, -0.2) is 8.42 Å². The van der Waals surface area contributed by atoms with Gasteiger partial charge >= 0.3 is 0 Å². The Hall–Kier alpha value is -1.07. The van der Waals surface area contributed by atoms with E-state index in [2.05, 4.69) is 10.2 Å². The van der Waals surface area contributed by atoms with Crippen molar-refractivity contribution in [2.45, 2.75) is 23.0 Å². The van der Waals surface area contributed by atoms with Crippen molar-refractivity contribution < 1.29 is 8.42 Å². The first-order valence-electron chi connectivity index (χ1n) is 4.96. The molecule has 6 heteroatoms. The van der Waals surface area contributed by atoms with Crippen molar-refractivity contribution in [3.05, 3.63) is 23.4 Å². The van der Waals surface area contributed by atoms with E-state index in [9.17, 15) is 8.42 Å². The summed E-state index contributed by atoms with van der Waals surface area (Å²) >= 11 is 6.00. The van der Waals surface area contributed by atoms with E-state index in [1.54, 1.807) is 12.1 Å². The van der Waals surface area contributed by atoms with Gasteiger partial charge in [-0.15, -0.1) is 0 Å². The lowest BCUT2D eigenvalue weighted by molar-refractivity contribution is 0.595. The summed E-state index contributed by atoms with van der Waals surface area (Å²) in [5.41, 5.74) is 0.698. The van der Waals surface area contributed by atoms with Crippen molar-refractivity contribution >= 4 is 32.3 Å². The number of hydrogen-bond donors (Lipinski definition) is 1. The molecule has 0 saturated heterocycles. The Bertz CT molecular complexity index is 659. The fourth-order valence-corrected chi connectivity index (χ4v) is 4.19. The lowest BCUT2D eigenvalue weighted by Crippen LogP contribution is -2.08. The number of halogens is 1.